The van der Waals surface area contributed by atoms with Crippen LogP contribution < -0.4 is 10.1 Å². The molecule has 2 aromatic rings. The Kier molecular flexibility index (Phi) is 5.94. The number of nitrogens with zero attached hydrogens (tertiary/aromatic N) is 1. The van der Waals surface area contributed by atoms with Crippen LogP contribution in [0.4, 0.5) is 0 Å². The number of carbonyl (C=O) groups excluding carboxylic acids is 2. The Bertz CT molecular complexity index is 718. The summed E-state index contributed by atoms with van der Waals surface area (Å²) in [5.74, 6) is 0.515. The van der Waals surface area contributed by atoms with E-state index in [0.717, 1.165) is 6.42 Å². The third-order valence-corrected chi connectivity index (χ3v) is 5.14. The lowest BCUT2D eigenvalue weighted by Crippen LogP contribution is -2.46. The van der Waals surface area contributed by atoms with Crippen LogP contribution >= 0.6 is 22.9 Å². The number of ether oxygens (including phenoxy) is 1. The standard InChI is InChI=1S/C18H19ClN2O3S/c19-13-5-7-14(8-6-13)24-11-9-20-17(22)15-3-1-10-21(15)18(23)16-4-2-12-25-16/h2,4-8,12,15H,1,3,9-11H2,(H,20,22). The van der Waals surface area contributed by atoms with Gasteiger partial charge in [0, 0.05) is 11.6 Å². The molecular weight excluding hydrogens is 360 g/mol. The molecule has 0 saturated carbocycles. The van der Waals surface area contributed by atoms with Crippen LogP contribution in [0.15, 0.2) is 41.8 Å². The largest absolute Gasteiger partial charge is 0.492 e. The zero-order valence-electron chi connectivity index (χ0n) is 13.6. The highest BCUT2D eigenvalue weighted by Gasteiger charge is 2.34. The van der Waals surface area contributed by atoms with Crippen LogP contribution in [-0.4, -0.2) is 42.5 Å². The minimum absolute atomic E-state index is 0.0648. The Hall–Kier alpha value is -2.05. The SMILES string of the molecule is O=C(NCCOc1ccc(Cl)cc1)C1CCCN1C(=O)c1cccs1. The summed E-state index contributed by atoms with van der Waals surface area (Å²) in [5, 5.41) is 5.37. The van der Waals surface area contributed by atoms with Crippen LogP contribution in [0.5, 0.6) is 5.75 Å². The number of halogens is 1. The molecule has 1 aromatic heterocycles. The quantitative estimate of drug-likeness (QED) is 0.785. The van der Waals surface area contributed by atoms with Crippen LogP contribution in [0.2, 0.25) is 5.02 Å². The highest BCUT2D eigenvalue weighted by molar-refractivity contribution is 7.12. The van der Waals surface area contributed by atoms with Crippen LogP contribution in [0, 0.1) is 0 Å². The summed E-state index contributed by atoms with van der Waals surface area (Å²) in [6.45, 7) is 1.37. The fourth-order valence-electron chi connectivity index (χ4n) is 2.82. The van der Waals surface area contributed by atoms with Gasteiger partial charge in [0.1, 0.15) is 18.4 Å². The molecule has 0 radical (unpaired) electrons. The topological polar surface area (TPSA) is 58.6 Å². The lowest BCUT2D eigenvalue weighted by molar-refractivity contribution is -0.124. The lowest BCUT2D eigenvalue weighted by atomic mass is 10.2. The molecule has 1 saturated heterocycles. The van der Waals surface area contributed by atoms with Crippen LogP contribution in [0.1, 0.15) is 22.5 Å². The van der Waals surface area contributed by atoms with E-state index >= 15 is 0 Å². The van der Waals surface area contributed by atoms with Crippen molar-refractivity contribution in [1.82, 2.24) is 10.2 Å². The van der Waals surface area contributed by atoms with Crippen molar-refractivity contribution in [1.29, 1.82) is 0 Å². The molecule has 1 aliphatic heterocycles. The summed E-state index contributed by atoms with van der Waals surface area (Å²) >= 11 is 7.22. The van der Waals surface area contributed by atoms with E-state index < -0.39 is 6.04 Å². The molecular formula is C18H19ClN2O3S. The lowest BCUT2D eigenvalue weighted by Gasteiger charge is -2.23. The summed E-state index contributed by atoms with van der Waals surface area (Å²) in [6.07, 6.45) is 1.54. The van der Waals surface area contributed by atoms with E-state index in [9.17, 15) is 9.59 Å². The van der Waals surface area contributed by atoms with Crippen LogP contribution in [0.3, 0.4) is 0 Å². The van der Waals surface area contributed by atoms with Crippen molar-refractivity contribution in [3.05, 3.63) is 51.7 Å². The van der Waals surface area contributed by atoms with Gasteiger partial charge in [-0.1, -0.05) is 17.7 Å². The number of thiophene rings is 1. The van der Waals surface area contributed by atoms with Crippen molar-refractivity contribution in [2.45, 2.75) is 18.9 Å². The molecule has 7 heteroatoms. The Balaban J connectivity index is 1.47. The third-order valence-electron chi connectivity index (χ3n) is 4.03. The highest BCUT2D eigenvalue weighted by atomic mass is 35.5. The van der Waals surface area contributed by atoms with Gasteiger partial charge in [0.2, 0.25) is 5.91 Å². The van der Waals surface area contributed by atoms with Crippen molar-refractivity contribution in [3.63, 3.8) is 0 Å². The molecule has 0 aliphatic carbocycles. The molecule has 3 rings (SSSR count). The average Bonchev–Trinajstić information content (AvgIpc) is 3.31. The third kappa shape index (κ3) is 4.52. The number of hydrogen-bond donors (Lipinski definition) is 1. The van der Waals surface area contributed by atoms with Gasteiger partial charge in [-0.25, -0.2) is 0 Å². The molecule has 25 heavy (non-hydrogen) atoms. The van der Waals surface area contributed by atoms with E-state index in [2.05, 4.69) is 5.32 Å². The number of benzene rings is 1. The van der Waals surface area contributed by atoms with Crippen molar-refractivity contribution in [2.75, 3.05) is 19.7 Å². The van der Waals surface area contributed by atoms with E-state index in [0.29, 0.717) is 41.8 Å². The first kappa shape index (κ1) is 17.8. The first-order chi connectivity index (χ1) is 12.1. The van der Waals surface area contributed by atoms with E-state index in [4.69, 9.17) is 16.3 Å². The first-order valence-electron chi connectivity index (χ1n) is 8.16. The van der Waals surface area contributed by atoms with Crippen molar-refractivity contribution in [3.8, 4) is 5.75 Å². The zero-order chi connectivity index (χ0) is 17.6. The Morgan fingerprint density at radius 3 is 2.80 bits per heavy atom. The minimum Gasteiger partial charge on any atom is -0.492 e. The Morgan fingerprint density at radius 1 is 1.28 bits per heavy atom. The normalized spacial score (nSPS) is 16.7. The van der Waals surface area contributed by atoms with Crippen LogP contribution in [0.25, 0.3) is 0 Å². The summed E-state index contributed by atoms with van der Waals surface area (Å²) in [5.41, 5.74) is 0. The minimum atomic E-state index is -0.398. The van der Waals surface area contributed by atoms with Crippen LogP contribution in [-0.2, 0) is 4.79 Å². The average molecular weight is 379 g/mol. The number of nitrogens with one attached hydrogen (secondary N) is 1. The molecule has 1 N–H and O–H groups in total. The number of rotatable bonds is 6. The predicted octanol–water partition coefficient (Wildman–Crippen LogP) is 3.20. The molecule has 1 unspecified atom stereocenters. The second-order valence-corrected chi connectivity index (χ2v) is 7.11. The molecule has 132 valence electrons. The highest BCUT2D eigenvalue weighted by Crippen LogP contribution is 2.22. The number of likely N-dealkylation sites (tertiary alicyclic amines) is 1. The summed E-state index contributed by atoms with van der Waals surface area (Å²) < 4.78 is 5.56. The van der Waals surface area contributed by atoms with Gasteiger partial charge >= 0.3 is 0 Å². The maximum atomic E-state index is 12.5. The first-order valence-corrected chi connectivity index (χ1v) is 9.41. The van der Waals surface area contributed by atoms with Gasteiger partial charge in [-0.05, 0) is 48.6 Å². The van der Waals surface area contributed by atoms with E-state index in [1.165, 1.54) is 11.3 Å². The van der Waals surface area contributed by atoms with E-state index in [1.54, 1.807) is 35.2 Å². The fourth-order valence-corrected chi connectivity index (χ4v) is 3.62. The maximum Gasteiger partial charge on any atom is 0.264 e. The molecule has 0 spiro atoms. The van der Waals surface area contributed by atoms with Gasteiger partial charge in [0.15, 0.2) is 0 Å². The number of carbonyl (C=O) groups is 2. The number of hydrogen-bond acceptors (Lipinski definition) is 4. The van der Waals surface area contributed by atoms with Crippen molar-refractivity contribution >= 4 is 34.8 Å². The summed E-state index contributed by atoms with van der Waals surface area (Å²) in [6, 6.07) is 10.3. The molecule has 1 atom stereocenters. The van der Waals surface area contributed by atoms with E-state index in [1.807, 2.05) is 11.4 Å². The van der Waals surface area contributed by atoms with Gasteiger partial charge in [0.05, 0.1) is 11.4 Å². The monoisotopic (exact) mass is 378 g/mol. The molecule has 2 amide bonds. The summed E-state index contributed by atoms with van der Waals surface area (Å²) in [7, 11) is 0. The Morgan fingerprint density at radius 2 is 2.08 bits per heavy atom. The van der Waals surface area contributed by atoms with Gasteiger partial charge in [-0.2, -0.15) is 0 Å². The molecule has 1 aliphatic rings. The molecule has 1 fully saturated rings. The smallest absolute Gasteiger partial charge is 0.264 e. The molecule has 5 nitrogen and oxygen atoms in total. The summed E-state index contributed by atoms with van der Waals surface area (Å²) in [4.78, 5) is 27.2. The van der Waals surface area contributed by atoms with Crippen molar-refractivity contribution in [2.24, 2.45) is 0 Å². The van der Waals surface area contributed by atoms with E-state index in [-0.39, 0.29) is 11.8 Å². The van der Waals surface area contributed by atoms with Gasteiger partial charge in [-0.15, -0.1) is 11.3 Å². The number of amides is 2. The zero-order valence-corrected chi connectivity index (χ0v) is 15.2. The Labute approximate surface area is 155 Å². The second kappa shape index (κ2) is 8.36. The molecule has 1 aromatic carbocycles. The second-order valence-electron chi connectivity index (χ2n) is 5.73. The maximum absolute atomic E-state index is 12.5. The van der Waals surface area contributed by atoms with Gasteiger partial charge in [-0.3, -0.25) is 9.59 Å². The van der Waals surface area contributed by atoms with Crippen molar-refractivity contribution < 1.29 is 14.3 Å². The van der Waals surface area contributed by atoms with Gasteiger partial charge < -0.3 is 15.0 Å². The van der Waals surface area contributed by atoms with Gasteiger partial charge in [0.25, 0.3) is 5.91 Å². The molecule has 0 bridgehead atoms. The molecule has 2 heterocycles. The fraction of sp³-hybridized carbons (Fsp3) is 0.333. The predicted molar refractivity (Wildman–Crippen MR) is 98.3 cm³/mol.